The van der Waals surface area contributed by atoms with Crippen LogP contribution in [0.2, 0.25) is 5.02 Å². The fourth-order valence-corrected chi connectivity index (χ4v) is 4.22. The molecule has 1 saturated heterocycles. The van der Waals surface area contributed by atoms with E-state index < -0.39 is 5.79 Å². The highest BCUT2D eigenvalue weighted by Gasteiger charge is 2.32. The van der Waals surface area contributed by atoms with E-state index in [0.29, 0.717) is 36.0 Å². The van der Waals surface area contributed by atoms with Crippen LogP contribution >= 0.6 is 11.6 Å². The van der Waals surface area contributed by atoms with Gasteiger partial charge in [-0.2, -0.15) is 0 Å². The lowest BCUT2D eigenvalue weighted by molar-refractivity contribution is -0.144. The average molecular weight is 492 g/mol. The van der Waals surface area contributed by atoms with Crippen LogP contribution in [0.1, 0.15) is 40.9 Å². The van der Waals surface area contributed by atoms with Crippen LogP contribution in [0, 0.1) is 6.92 Å². The van der Waals surface area contributed by atoms with Crippen molar-refractivity contribution in [3.63, 3.8) is 0 Å². The molecule has 0 spiro atoms. The Morgan fingerprint density at radius 3 is 2.63 bits per heavy atom. The number of benzene rings is 3. The summed E-state index contributed by atoms with van der Waals surface area (Å²) in [6.45, 7) is 7.22. The third-order valence-corrected chi connectivity index (χ3v) is 6.04. The summed E-state index contributed by atoms with van der Waals surface area (Å²) in [7, 11) is 0. The van der Waals surface area contributed by atoms with Gasteiger partial charge in [0.15, 0.2) is 11.6 Å². The molecule has 1 fully saturated rings. The van der Waals surface area contributed by atoms with Crippen molar-refractivity contribution in [3.05, 3.63) is 100 Å². The molecule has 0 aromatic heterocycles. The Bertz CT molecular complexity index is 1220. The van der Waals surface area contributed by atoms with Crippen molar-refractivity contribution < 1.29 is 19.0 Å². The number of hydrogen-bond acceptors (Lipinski definition) is 5. The van der Waals surface area contributed by atoms with Crippen LogP contribution in [0.5, 0.6) is 0 Å². The Labute approximate surface area is 211 Å². The lowest BCUT2D eigenvalue weighted by Crippen LogP contribution is -2.24. The summed E-state index contributed by atoms with van der Waals surface area (Å²) in [5.74, 6) is -0.621. The van der Waals surface area contributed by atoms with E-state index in [2.05, 4.69) is 5.32 Å². The van der Waals surface area contributed by atoms with Gasteiger partial charge in [-0.15, -0.1) is 0 Å². The Kier molecular flexibility index (Phi) is 8.04. The van der Waals surface area contributed by atoms with E-state index in [0.717, 1.165) is 22.5 Å². The van der Waals surface area contributed by atoms with E-state index in [1.54, 1.807) is 12.1 Å². The number of ketones is 1. The summed E-state index contributed by atoms with van der Waals surface area (Å²) in [6, 6.07) is 20.9. The summed E-state index contributed by atoms with van der Waals surface area (Å²) in [5, 5.41) is 3.81. The molecule has 0 bridgehead atoms. The van der Waals surface area contributed by atoms with Gasteiger partial charge in [-0.05, 0) is 56.2 Å². The van der Waals surface area contributed by atoms with Crippen LogP contribution in [-0.4, -0.2) is 37.5 Å². The number of nitrogens with one attached hydrogen (secondary N) is 1. The molecule has 0 amide bonds. The fourth-order valence-electron chi connectivity index (χ4n) is 3.95. The molecule has 1 atom stereocenters. The Morgan fingerprint density at radius 1 is 1.11 bits per heavy atom. The number of aryl methyl sites for hydroxylation is 1. The smallest absolute Gasteiger partial charge is 0.194 e. The maximum Gasteiger partial charge on any atom is 0.194 e. The zero-order valence-electron chi connectivity index (χ0n) is 20.2. The third kappa shape index (κ3) is 6.59. The van der Waals surface area contributed by atoms with Gasteiger partial charge in [0.05, 0.1) is 24.8 Å². The van der Waals surface area contributed by atoms with Crippen LogP contribution in [-0.2, 0) is 14.2 Å². The third-order valence-electron chi connectivity index (χ3n) is 5.73. The molecular weight excluding hydrogens is 462 g/mol. The largest absolute Gasteiger partial charge is 0.375 e. The lowest BCUT2D eigenvalue weighted by atomic mass is 9.99. The molecule has 4 rings (SSSR count). The Morgan fingerprint density at radius 2 is 1.89 bits per heavy atom. The first-order valence-electron chi connectivity index (χ1n) is 11.6. The minimum atomic E-state index is -0.538. The molecule has 6 heteroatoms. The molecule has 0 saturated carbocycles. The quantitative estimate of drug-likeness (QED) is 0.263. The number of halogens is 1. The second-order valence-electron chi connectivity index (χ2n) is 8.94. The number of carbonyl (C=O) groups excluding carboxylic acids is 1. The van der Waals surface area contributed by atoms with Gasteiger partial charge in [-0.25, -0.2) is 0 Å². The van der Waals surface area contributed by atoms with Crippen molar-refractivity contribution >= 4 is 34.8 Å². The van der Waals surface area contributed by atoms with Crippen molar-refractivity contribution in [1.82, 2.24) is 0 Å². The highest BCUT2D eigenvalue weighted by atomic mass is 35.5. The molecule has 3 aromatic carbocycles. The molecule has 1 aliphatic heterocycles. The van der Waals surface area contributed by atoms with Gasteiger partial charge >= 0.3 is 0 Å². The summed E-state index contributed by atoms with van der Waals surface area (Å²) in [5.41, 5.74) is 4.80. The molecule has 182 valence electrons. The highest BCUT2D eigenvalue weighted by Crippen LogP contribution is 2.28. The van der Waals surface area contributed by atoms with Gasteiger partial charge in [0.25, 0.3) is 0 Å². The van der Waals surface area contributed by atoms with Crippen molar-refractivity contribution in [3.8, 4) is 0 Å². The number of ether oxygens (including phenoxy) is 3. The van der Waals surface area contributed by atoms with E-state index in [4.69, 9.17) is 25.8 Å². The number of para-hydroxylation sites is 1. The molecule has 1 N–H and O–H groups in total. The minimum absolute atomic E-state index is 0.0437. The molecule has 5 nitrogen and oxygen atoms in total. The van der Waals surface area contributed by atoms with E-state index in [9.17, 15) is 4.79 Å². The van der Waals surface area contributed by atoms with Crippen LogP contribution in [0.3, 0.4) is 0 Å². The van der Waals surface area contributed by atoms with E-state index in [-0.39, 0.29) is 11.9 Å². The number of anilines is 2. The summed E-state index contributed by atoms with van der Waals surface area (Å²) in [4.78, 5) is 13.0. The minimum Gasteiger partial charge on any atom is -0.375 e. The predicted molar refractivity (Wildman–Crippen MR) is 141 cm³/mol. The maximum atomic E-state index is 13.0. The number of rotatable bonds is 9. The van der Waals surface area contributed by atoms with Crippen LogP contribution in [0.15, 0.2) is 72.8 Å². The molecular formula is C29H30ClNO4. The molecule has 3 aromatic rings. The molecule has 1 aliphatic rings. The zero-order chi connectivity index (χ0) is 24.8. The first kappa shape index (κ1) is 25.1. The van der Waals surface area contributed by atoms with Crippen LogP contribution in [0.4, 0.5) is 11.4 Å². The fraction of sp³-hybridized carbons (Fsp3) is 0.276. The highest BCUT2D eigenvalue weighted by molar-refractivity contribution is 6.35. The van der Waals surface area contributed by atoms with Gasteiger partial charge in [-0.3, -0.25) is 4.79 Å². The second kappa shape index (κ2) is 11.2. The SMILES string of the molecule is Cc1ccccc1C(=O)c1ccc(Nc2ccccc2C=CCOCC2COC(C)(C)O2)cc1Cl. The number of carbonyl (C=O) groups is 1. The average Bonchev–Trinajstić information content (AvgIpc) is 3.18. The Hall–Kier alpha value is -2.96. The van der Waals surface area contributed by atoms with Gasteiger partial charge in [-0.1, -0.05) is 66.2 Å². The Balaban J connectivity index is 1.38. The summed E-state index contributed by atoms with van der Waals surface area (Å²) >= 11 is 6.51. The van der Waals surface area contributed by atoms with Crippen molar-refractivity contribution in [2.24, 2.45) is 0 Å². The molecule has 1 heterocycles. The first-order valence-corrected chi connectivity index (χ1v) is 12.0. The van der Waals surface area contributed by atoms with Gasteiger partial charge in [0.1, 0.15) is 6.10 Å². The maximum absolute atomic E-state index is 13.0. The van der Waals surface area contributed by atoms with Crippen molar-refractivity contribution in [2.75, 3.05) is 25.1 Å². The molecule has 0 aliphatic carbocycles. The molecule has 0 radical (unpaired) electrons. The standard InChI is InChI=1S/C29H30ClNO4/c1-20-9-4-6-12-24(20)28(32)25-15-14-22(17-26(25)30)31-27-13-7-5-10-21(27)11-8-16-33-18-23-19-34-29(2,3)35-23/h4-15,17,23,31H,16,18-19H2,1-3H3. The van der Waals surface area contributed by atoms with Crippen LogP contribution in [0.25, 0.3) is 6.08 Å². The summed E-state index contributed by atoms with van der Waals surface area (Å²) < 4.78 is 17.0. The normalized spacial score (nSPS) is 17.1. The van der Waals surface area contributed by atoms with Crippen LogP contribution < -0.4 is 5.32 Å². The van der Waals surface area contributed by atoms with E-state index >= 15 is 0 Å². The molecule has 1 unspecified atom stereocenters. The monoisotopic (exact) mass is 491 g/mol. The lowest BCUT2D eigenvalue weighted by Gasteiger charge is -2.16. The zero-order valence-corrected chi connectivity index (χ0v) is 21.0. The molecule has 35 heavy (non-hydrogen) atoms. The van der Waals surface area contributed by atoms with Crippen molar-refractivity contribution in [1.29, 1.82) is 0 Å². The predicted octanol–water partition coefficient (Wildman–Crippen LogP) is 6.80. The van der Waals surface area contributed by atoms with Gasteiger partial charge in [0, 0.05) is 22.5 Å². The van der Waals surface area contributed by atoms with Gasteiger partial charge in [0.2, 0.25) is 0 Å². The summed E-state index contributed by atoms with van der Waals surface area (Å²) in [6.07, 6.45) is 3.94. The van der Waals surface area contributed by atoms with E-state index in [1.807, 2.05) is 87.5 Å². The van der Waals surface area contributed by atoms with Crippen molar-refractivity contribution in [2.45, 2.75) is 32.7 Å². The second-order valence-corrected chi connectivity index (χ2v) is 9.35. The van der Waals surface area contributed by atoms with E-state index in [1.165, 1.54) is 0 Å². The van der Waals surface area contributed by atoms with Gasteiger partial charge < -0.3 is 19.5 Å². The first-order chi connectivity index (χ1) is 16.8. The topological polar surface area (TPSA) is 56.8 Å². The number of hydrogen-bond donors (Lipinski definition) is 1.